The highest BCUT2D eigenvalue weighted by molar-refractivity contribution is 7.07. The summed E-state index contributed by atoms with van der Waals surface area (Å²) in [5, 5.41) is 7.12. The maximum Gasteiger partial charge on any atom is 0.225 e. The van der Waals surface area contributed by atoms with Crippen molar-refractivity contribution in [1.29, 1.82) is 0 Å². The minimum atomic E-state index is 0.0764. The van der Waals surface area contributed by atoms with Crippen molar-refractivity contribution >= 4 is 17.2 Å². The van der Waals surface area contributed by atoms with Crippen molar-refractivity contribution in [2.45, 2.75) is 12.8 Å². The van der Waals surface area contributed by atoms with Crippen molar-refractivity contribution < 1.29 is 9.53 Å². The van der Waals surface area contributed by atoms with Gasteiger partial charge in [-0.2, -0.15) is 11.3 Å². The lowest BCUT2D eigenvalue weighted by Gasteiger charge is -2.08. The summed E-state index contributed by atoms with van der Waals surface area (Å²) in [5.41, 5.74) is 1.29. The molecule has 1 aliphatic heterocycles. The number of nitrogens with one attached hydrogen (secondary N) is 1. The van der Waals surface area contributed by atoms with Gasteiger partial charge in [0.25, 0.3) is 0 Å². The third-order valence-corrected chi connectivity index (χ3v) is 3.33. The van der Waals surface area contributed by atoms with Gasteiger partial charge in [-0.1, -0.05) is 0 Å². The molecule has 0 aliphatic carbocycles. The van der Waals surface area contributed by atoms with Gasteiger partial charge in [-0.3, -0.25) is 4.79 Å². The minimum Gasteiger partial charge on any atom is -0.381 e. The van der Waals surface area contributed by atoms with Crippen LogP contribution < -0.4 is 5.32 Å². The normalized spacial score (nSPS) is 20.4. The second-order valence-electron chi connectivity index (χ2n) is 3.73. The molecule has 1 fully saturated rings. The Balaban J connectivity index is 1.67. The monoisotopic (exact) mass is 225 g/mol. The van der Waals surface area contributed by atoms with Crippen LogP contribution in [0.1, 0.15) is 12.0 Å². The first kappa shape index (κ1) is 10.6. The quantitative estimate of drug-likeness (QED) is 0.842. The van der Waals surface area contributed by atoms with Gasteiger partial charge in [-0.05, 0) is 35.2 Å². The number of amides is 1. The van der Waals surface area contributed by atoms with Gasteiger partial charge in [0.2, 0.25) is 5.91 Å². The van der Waals surface area contributed by atoms with E-state index in [-0.39, 0.29) is 11.8 Å². The Morgan fingerprint density at radius 1 is 1.67 bits per heavy atom. The van der Waals surface area contributed by atoms with E-state index in [9.17, 15) is 4.79 Å². The van der Waals surface area contributed by atoms with E-state index in [2.05, 4.69) is 22.1 Å². The second kappa shape index (κ2) is 5.28. The van der Waals surface area contributed by atoms with E-state index in [0.717, 1.165) is 26.0 Å². The molecule has 0 radical (unpaired) electrons. The zero-order valence-electron chi connectivity index (χ0n) is 8.57. The molecule has 1 aromatic rings. The molecule has 15 heavy (non-hydrogen) atoms. The van der Waals surface area contributed by atoms with Gasteiger partial charge in [0.15, 0.2) is 0 Å². The highest BCUT2D eigenvalue weighted by Gasteiger charge is 2.22. The molecule has 82 valence electrons. The van der Waals surface area contributed by atoms with Gasteiger partial charge in [0, 0.05) is 13.2 Å². The van der Waals surface area contributed by atoms with Crippen molar-refractivity contribution in [2.24, 2.45) is 5.92 Å². The fourth-order valence-electron chi connectivity index (χ4n) is 1.65. The number of hydrogen-bond acceptors (Lipinski definition) is 3. The molecule has 1 atom stereocenters. The first-order chi connectivity index (χ1) is 7.36. The Morgan fingerprint density at radius 3 is 3.27 bits per heavy atom. The Labute approximate surface area is 93.4 Å². The molecule has 1 aromatic heterocycles. The Bertz CT molecular complexity index is 304. The number of carbonyl (C=O) groups excluding carboxylic acids is 1. The number of hydrogen-bond donors (Lipinski definition) is 1. The molecule has 4 heteroatoms. The van der Waals surface area contributed by atoms with Crippen LogP contribution in [0.15, 0.2) is 16.8 Å². The van der Waals surface area contributed by atoms with E-state index in [1.54, 1.807) is 11.3 Å². The summed E-state index contributed by atoms with van der Waals surface area (Å²) in [6.07, 6.45) is 1.78. The van der Waals surface area contributed by atoms with Crippen LogP contribution in [0.4, 0.5) is 0 Å². The van der Waals surface area contributed by atoms with Crippen LogP contribution in [0.2, 0.25) is 0 Å². The van der Waals surface area contributed by atoms with E-state index >= 15 is 0 Å². The van der Waals surface area contributed by atoms with Crippen LogP contribution in [0, 0.1) is 5.92 Å². The smallest absolute Gasteiger partial charge is 0.225 e. The summed E-state index contributed by atoms with van der Waals surface area (Å²) in [6.45, 7) is 2.04. The van der Waals surface area contributed by atoms with Gasteiger partial charge in [-0.25, -0.2) is 0 Å². The summed E-state index contributed by atoms with van der Waals surface area (Å²) >= 11 is 1.69. The predicted molar refractivity (Wildman–Crippen MR) is 60.0 cm³/mol. The number of rotatable bonds is 4. The molecule has 1 amide bonds. The number of carbonyl (C=O) groups is 1. The minimum absolute atomic E-state index is 0.0764. The molecule has 0 aromatic carbocycles. The molecule has 2 rings (SSSR count). The molecule has 1 saturated heterocycles. The molecule has 0 spiro atoms. The summed E-state index contributed by atoms with van der Waals surface area (Å²) in [5.74, 6) is 0.218. The third-order valence-electron chi connectivity index (χ3n) is 2.59. The summed E-state index contributed by atoms with van der Waals surface area (Å²) in [4.78, 5) is 11.6. The van der Waals surface area contributed by atoms with Gasteiger partial charge in [0.1, 0.15) is 0 Å². The second-order valence-corrected chi connectivity index (χ2v) is 4.51. The average Bonchev–Trinajstić information content (AvgIpc) is 2.90. The van der Waals surface area contributed by atoms with Crippen LogP contribution in [0.3, 0.4) is 0 Å². The third kappa shape index (κ3) is 3.04. The number of ether oxygens (including phenoxy) is 1. The number of thiophene rings is 1. The summed E-state index contributed by atoms with van der Waals surface area (Å²) in [6, 6.07) is 2.09. The molecular weight excluding hydrogens is 210 g/mol. The Morgan fingerprint density at radius 2 is 2.60 bits per heavy atom. The topological polar surface area (TPSA) is 38.3 Å². The predicted octanol–water partition coefficient (Wildman–Crippen LogP) is 1.44. The Kier molecular flexibility index (Phi) is 3.75. The largest absolute Gasteiger partial charge is 0.381 e. The van der Waals surface area contributed by atoms with E-state index < -0.39 is 0 Å². The van der Waals surface area contributed by atoms with Crippen LogP contribution >= 0.6 is 11.3 Å². The molecule has 1 N–H and O–H groups in total. The van der Waals surface area contributed by atoms with E-state index in [0.29, 0.717) is 6.61 Å². The van der Waals surface area contributed by atoms with Crippen LogP contribution in [-0.4, -0.2) is 25.7 Å². The zero-order chi connectivity index (χ0) is 10.5. The SMILES string of the molecule is O=C(NCCc1ccsc1)C1CCOC1. The zero-order valence-corrected chi connectivity index (χ0v) is 9.39. The molecule has 2 heterocycles. The van der Waals surface area contributed by atoms with Gasteiger partial charge in [-0.15, -0.1) is 0 Å². The average molecular weight is 225 g/mol. The van der Waals surface area contributed by atoms with Crippen molar-refractivity contribution in [1.82, 2.24) is 5.32 Å². The van der Waals surface area contributed by atoms with Crippen LogP contribution in [0.25, 0.3) is 0 Å². The maximum atomic E-state index is 11.6. The molecule has 1 unspecified atom stereocenters. The van der Waals surface area contributed by atoms with Crippen molar-refractivity contribution in [3.63, 3.8) is 0 Å². The molecule has 3 nitrogen and oxygen atoms in total. The van der Waals surface area contributed by atoms with E-state index in [4.69, 9.17) is 4.74 Å². The fourth-order valence-corrected chi connectivity index (χ4v) is 2.35. The molecule has 0 saturated carbocycles. The first-order valence-electron chi connectivity index (χ1n) is 5.23. The van der Waals surface area contributed by atoms with Crippen molar-refractivity contribution in [2.75, 3.05) is 19.8 Å². The van der Waals surface area contributed by atoms with Gasteiger partial charge in [0.05, 0.1) is 12.5 Å². The molecular formula is C11H15NO2S. The van der Waals surface area contributed by atoms with E-state index in [1.165, 1.54) is 5.56 Å². The summed E-state index contributed by atoms with van der Waals surface area (Å²) < 4.78 is 5.17. The van der Waals surface area contributed by atoms with Gasteiger partial charge < -0.3 is 10.1 Å². The molecule has 1 aliphatic rings. The fraction of sp³-hybridized carbons (Fsp3) is 0.545. The Hall–Kier alpha value is -0.870. The van der Waals surface area contributed by atoms with Crippen molar-refractivity contribution in [3.8, 4) is 0 Å². The highest BCUT2D eigenvalue weighted by atomic mass is 32.1. The highest BCUT2D eigenvalue weighted by Crippen LogP contribution is 2.12. The first-order valence-corrected chi connectivity index (χ1v) is 6.17. The standard InChI is InChI=1S/C11H15NO2S/c13-11(10-2-5-14-7-10)12-4-1-9-3-6-15-8-9/h3,6,8,10H,1-2,4-5,7H2,(H,12,13). The van der Waals surface area contributed by atoms with Gasteiger partial charge >= 0.3 is 0 Å². The van der Waals surface area contributed by atoms with Crippen molar-refractivity contribution in [3.05, 3.63) is 22.4 Å². The van der Waals surface area contributed by atoms with Crippen LogP contribution in [0.5, 0.6) is 0 Å². The lowest BCUT2D eigenvalue weighted by atomic mass is 10.1. The van der Waals surface area contributed by atoms with E-state index in [1.807, 2.05) is 0 Å². The maximum absolute atomic E-state index is 11.6. The lowest BCUT2D eigenvalue weighted by molar-refractivity contribution is -0.124. The summed E-state index contributed by atoms with van der Waals surface area (Å²) in [7, 11) is 0. The van der Waals surface area contributed by atoms with Crippen LogP contribution in [-0.2, 0) is 16.0 Å². The lowest BCUT2D eigenvalue weighted by Crippen LogP contribution is -2.32. The molecule has 0 bridgehead atoms.